The average molecular weight is 500 g/mol. The van der Waals surface area contributed by atoms with Crippen molar-refractivity contribution in [2.24, 2.45) is 0 Å². The van der Waals surface area contributed by atoms with Crippen LogP contribution in [0.25, 0.3) is 22.2 Å². The molecule has 2 aromatic carbocycles. The first-order chi connectivity index (χ1) is 16.8. The summed E-state index contributed by atoms with van der Waals surface area (Å²) in [6.45, 7) is 1.97. The standard InChI is InChI=1S/C25H29N3O6S/c1-4-5-8-13-35(31,32)16-24(29)27-28-25(30)19-15-21(26-20-10-7-6-9-18(19)20)17-11-12-22(33-2)23(14-17)34-3/h6-7,9-12,14-15H,4-5,8,13,16H2,1-3H3,(H,27,29)(H,28,30). The van der Waals surface area contributed by atoms with E-state index in [1.807, 2.05) is 6.92 Å². The van der Waals surface area contributed by atoms with Gasteiger partial charge in [-0.1, -0.05) is 38.0 Å². The number of benzene rings is 2. The van der Waals surface area contributed by atoms with Crippen LogP contribution in [0.3, 0.4) is 0 Å². The molecular weight excluding hydrogens is 470 g/mol. The third-order valence-electron chi connectivity index (χ3n) is 5.37. The van der Waals surface area contributed by atoms with Crippen molar-refractivity contribution >= 4 is 32.6 Å². The molecule has 0 saturated carbocycles. The van der Waals surface area contributed by atoms with Crippen LogP contribution in [0.15, 0.2) is 48.5 Å². The molecule has 0 aliphatic rings. The van der Waals surface area contributed by atoms with Gasteiger partial charge in [0.1, 0.15) is 5.75 Å². The second-order valence-electron chi connectivity index (χ2n) is 7.94. The van der Waals surface area contributed by atoms with Gasteiger partial charge >= 0.3 is 0 Å². The maximum absolute atomic E-state index is 13.0. The topological polar surface area (TPSA) is 124 Å². The Labute approximate surface area is 204 Å². The zero-order valence-corrected chi connectivity index (χ0v) is 20.8. The van der Waals surface area contributed by atoms with Gasteiger partial charge in [0.2, 0.25) is 0 Å². The minimum Gasteiger partial charge on any atom is -0.493 e. The predicted octanol–water partition coefficient (Wildman–Crippen LogP) is 3.29. The molecule has 0 aliphatic heterocycles. The summed E-state index contributed by atoms with van der Waals surface area (Å²) < 4.78 is 34.9. The fourth-order valence-corrected chi connectivity index (χ4v) is 4.84. The average Bonchev–Trinajstić information content (AvgIpc) is 2.85. The summed E-state index contributed by atoms with van der Waals surface area (Å²) in [5.41, 5.74) is 6.60. The number of aromatic nitrogens is 1. The van der Waals surface area contributed by atoms with Crippen molar-refractivity contribution in [2.45, 2.75) is 26.2 Å². The van der Waals surface area contributed by atoms with E-state index in [2.05, 4.69) is 15.8 Å². The zero-order chi connectivity index (χ0) is 25.4. The van der Waals surface area contributed by atoms with E-state index in [0.717, 1.165) is 12.8 Å². The molecular formula is C25H29N3O6S. The molecule has 3 rings (SSSR count). The predicted molar refractivity (Wildman–Crippen MR) is 134 cm³/mol. The highest BCUT2D eigenvalue weighted by Crippen LogP contribution is 2.33. The molecule has 35 heavy (non-hydrogen) atoms. The number of amides is 2. The first kappa shape index (κ1) is 26.0. The van der Waals surface area contributed by atoms with Crippen molar-refractivity contribution in [3.63, 3.8) is 0 Å². The van der Waals surface area contributed by atoms with Gasteiger partial charge in [-0.15, -0.1) is 0 Å². The van der Waals surface area contributed by atoms with Crippen molar-refractivity contribution in [3.05, 3.63) is 54.1 Å². The molecule has 186 valence electrons. The number of methoxy groups -OCH3 is 2. The van der Waals surface area contributed by atoms with Crippen molar-refractivity contribution in [1.82, 2.24) is 15.8 Å². The number of hydrogen-bond acceptors (Lipinski definition) is 7. The van der Waals surface area contributed by atoms with Gasteiger partial charge < -0.3 is 9.47 Å². The van der Waals surface area contributed by atoms with Crippen LogP contribution in [0.4, 0.5) is 0 Å². The summed E-state index contributed by atoms with van der Waals surface area (Å²) in [6.07, 6.45) is 2.15. The summed E-state index contributed by atoms with van der Waals surface area (Å²) in [4.78, 5) is 29.8. The molecule has 0 bridgehead atoms. The van der Waals surface area contributed by atoms with Crippen LogP contribution in [0, 0.1) is 0 Å². The van der Waals surface area contributed by atoms with Gasteiger partial charge in [0.05, 0.1) is 36.7 Å². The molecule has 3 aromatic rings. The number of para-hydroxylation sites is 1. The minimum atomic E-state index is -3.55. The van der Waals surface area contributed by atoms with Gasteiger partial charge in [0, 0.05) is 10.9 Å². The Balaban J connectivity index is 1.83. The van der Waals surface area contributed by atoms with Crippen LogP contribution in [0.5, 0.6) is 11.5 Å². The van der Waals surface area contributed by atoms with E-state index >= 15 is 0 Å². The summed E-state index contributed by atoms with van der Waals surface area (Å²) in [5, 5.41) is 0.579. The van der Waals surface area contributed by atoms with Gasteiger partial charge in [-0.2, -0.15) is 0 Å². The Morgan fingerprint density at radius 3 is 2.40 bits per heavy atom. The van der Waals surface area contributed by atoms with Crippen LogP contribution < -0.4 is 20.3 Å². The fraction of sp³-hybridized carbons (Fsp3) is 0.320. The smallest absolute Gasteiger partial charge is 0.270 e. The maximum atomic E-state index is 13.0. The van der Waals surface area contributed by atoms with E-state index in [1.165, 1.54) is 7.11 Å². The van der Waals surface area contributed by atoms with Crippen molar-refractivity contribution < 1.29 is 27.5 Å². The first-order valence-electron chi connectivity index (χ1n) is 11.2. The maximum Gasteiger partial charge on any atom is 0.270 e. The van der Waals surface area contributed by atoms with Crippen LogP contribution >= 0.6 is 0 Å². The number of nitrogens with one attached hydrogen (secondary N) is 2. The van der Waals surface area contributed by atoms with E-state index in [9.17, 15) is 18.0 Å². The summed E-state index contributed by atoms with van der Waals surface area (Å²) in [6, 6.07) is 14.0. The Hall–Kier alpha value is -3.66. The lowest BCUT2D eigenvalue weighted by atomic mass is 10.0. The summed E-state index contributed by atoms with van der Waals surface area (Å²) in [5.74, 6) is -1.08. The van der Waals surface area contributed by atoms with Crippen molar-refractivity contribution in [1.29, 1.82) is 0 Å². The number of hydrazine groups is 1. The molecule has 1 aromatic heterocycles. The number of rotatable bonds is 10. The van der Waals surface area contributed by atoms with Crippen LogP contribution in [0.2, 0.25) is 0 Å². The molecule has 1 heterocycles. The first-order valence-corrected chi connectivity index (χ1v) is 13.0. The lowest BCUT2D eigenvalue weighted by Crippen LogP contribution is -2.44. The van der Waals surface area contributed by atoms with E-state index in [4.69, 9.17) is 9.47 Å². The van der Waals surface area contributed by atoms with E-state index in [-0.39, 0.29) is 11.3 Å². The highest BCUT2D eigenvalue weighted by Gasteiger charge is 2.19. The number of fused-ring (bicyclic) bond motifs is 1. The molecule has 0 radical (unpaired) electrons. The molecule has 0 aliphatic carbocycles. The number of carbonyl (C=O) groups excluding carboxylic acids is 2. The van der Waals surface area contributed by atoms with Gasteiger partial charge in [0.25, 0.3) is 11.8 Å². The quantitative estimate of drug-likeness (QED) is 0.324. The molecule has 0 saturated heterocycles. The molecule has 0 unspecified atom stereocenters. The molecule has 9 nitrogen and oxygen atoms in total. The molecule has 2 amide bonds. The number of carbonyl (C=O) groups is 2. The summed E-state index contributed by atoms with van der Waals surface area (Å²) in [7, 11) is -0.481. The van der Waals surface area contributed by atoms with Gasteiger partial charge in [-0.05, 0) is 36.8 Å². The molecule has 0 atom stereocenters. The highest BCUT2D eigenvalue weighted by atomic mass is 32.2. The second kappa shape index (κ2) is 11.7. The number of sulfone groups is 1. The van der Waals surface area contributed by atoms with E-state index in [1.54, 1.807) is 55.6 Å². The van der Waals surface area contributed by atoms with Crippen molar-refractivity contribution in [2.75, 3.05) is 25.7 Å². The molecule has 0 spiro atoms. The van der Waals surface area contributed by atoms with E-state index in [0.29, 0.717) is 40.1 Å². The Morgan fingerprint density at radius 2 is 1.69 bits per heavy atom. The van der Waals surface area contributed by atoms with Gasteiger partial charge in [-0.25, -0.2) is 13.4 Å². The monoisotopic (exact) mass is 499 g/mol. The summed E-state index contributed by atoms with van der Waals surface area (Å²) >= 11 is 0. The third kappa shape index (κ3) is 6.69. The van der Waals surface area contributed by atoms with Crippen LogP contribution in [-0.4, -0.2) is 50.9 Å². The van der Waals surface area contributed by atoms with E-state index < -0.39 is 27.4 Å². The molecule has 10 heteroatoms. The molecule has 2 N–H and O–H groups in total. The van der Waals surface area contributed by atoms with Gasteiger partial charge in [-0.3, -0.25) is 20.4 Å². The van der Waals surface area contributed by atoms with Gasteiger partial charge in [0.15, 0.2) is 21.3 Å². The largest absolute Gasteiger partial charge is 0.493 e. The normalized spacial score (nSPS) is 11.2. The van der Waals surface area contributed by atoms with Crippen LogP contribution in [0.1, 0.15) is 36.5 Å². The second-order valence-corrected chi connectivity index (χ2v) is 10.1. The van der Waals surface area contributed by atoms with Crippen LogP contribution in [-0.2, 0) is 14.6 Å². The number of unbranched alkanes of at least 4 members (excludes halogenated alkanes) is 2. The number of pyridine rings is 1. The Bertz CT molecular complexity index is 1320. The van der Waals surface area contributed by atoms with Crippen molar-refractivity contribution in [3.8, 4) is 22.8 Å². The number of nitrogens with zero attached hydrogens (tertiary/aromatic N) is 1. The minimum absolute atomic E-state index is 0.0636. The molecule has 0 fully saturated rings. The Kier molecular flexibility index (Phi) is 8.64. The lowest BCUT2D eigenvalue weighted by molar-refractivity contribution is -0.119. The fourth-order valence-electron chi connectivity index (χ4n) is 3.58. The number of hydrogen-bond donors (Lipinski definition) is 2. The lowest BCUT2D eigenvalue weighted by Gasteiger charge is -2.13. The highest BCUT2D eigenvalue weighted by molar-refractivity contribution is 7.92. The number of ether oxygens (including phenoxy) is 2. The Morgan fingerprint density at radius 1 is 0.943 bits per heavy atom. The zero-order valence-electron chi connectivity index (χ0n) is 20.0. The third-order valence-corrected chi connectivity index (χ3v) is 6.98. The SMILES string of the molecule is CCCCCS(=O)(=O)CC(=O)NNC(=O)c1cc(-c2ccc(OC)c(OC)c2)nc2ccccc12.